The molecule has 2 rings (SSSR count). The van der Waals surface area contributed by atoms with E-state index in [9.17, 15) is 9.90 Å². The molecule has 0 amide bonds. The second kappa shape index (κ2) is 5.56. The van der Waals surface area contributed by atoms with Crippen molar-refractivity contribution in [3.05, 3.63) is 29.8 Å². The summed E-state index contributed by atoms with van der Waals surface area (Å²) in [5, 5.41) is 10.2. The number of nitrogens with zero attached hydrogens (tertiary/aromatic N) is 2. The van der Waals surface area contributed by atoms with Gasteiger partial charge < -0.3 is 14.6 Å². The normalized spacial score (nSPS) is 10.2. The molecule has 0 bridgehead atoms. The van der Waals surface area contributed by atoms with Gasteiger partial charge in [-0.05, 0) is 19.1 Å². The number of aromatic hydroxyl groups is 1. The molecule has 1 aromatic heterocycles. The predicted molar refractivity (Wildman–Crippen MR) is 72.2 cm³/mol. The van der Waals surface area contributed by atoms with Crippen molar-refractivity contribution in [3.8, 4) is 28.9 Å². The molecule has 0 radical (unpaired) electrons. The minimum absolute atomic E-state index is 0.157. The van der Waals surface area contributed by atoms with Crippen molar-refractivity contribution in [1.82, 2.24) is 9.97 Å². The summed E-state index contributed by atoms with van der Waals surface area (Å²) in [7, 11) is 2.94. The summed E-state index contributed by atoms with van der Waals surface area (Å²) in [4.78, 5) is 19.7. The number of ether oxygens (including phenoxy) is 2. The zero-order valence-corrected chi connectivity index (χ0v) is 11.4. The molecule has 0 saturated heterocycles. The zero-order chi connectivity index (χ0) is 14.7. The lowest BCUT2D eigenvalue weighted by atomic mass is 10.1. The van der Waals surface area contributed by atoms with Crippen LogP contribution >= 0.6 is 0 Å². The third-order valence-corrected chi connectivity index (χ3v) is 2.75. The molecule has 0 aliphatic rings. The van der Waals surface area contributed by atoms with Crippen LogP contribution in [0.25, 0.3) is 11.4 Å². The lowest BCUT2D eigenvalue weighted by molar-refractivity contribution is 0.101. The van der Waals surface area contributed by atoms with E-state index >= 15 is 0 Å². The molecule has 1 N–H and O–H groups in total. The molecule has 6 nitrogen and oxygen atoms in total. The number of carbonyl (C=O) groups is 1. The molecule has 6 heteroatoms. The number of hydrogen-bond donors (Lipinski definition) is 1. The van der Waals surface area contributed by atoms with Crippen LogP contribution in [0.15, 0.2) is 24.3 Å². The number of methoxy groups -OCH3 is 2. The molecule has 0 atom stereocenters. The maximum atomic E-state index is 11.4. The molecule has 0 fully saturated rings. The molecule has 0 spiro atoms. The van der Waals surface area contributed by atoms with E-state index in [2.05, 4.69) is 9.97 Å². The van der Waals surface area contributed by atoms with E-state index in [1.165, 1.54) is 27.2 Å². The number of aromatic nitrogens is 2. The third kappa shape index (κ3) is 2.54. The van der Waals surface area contributed by atoms with Crippen LogP contribution in [0.2, 0.25) is 0 Å². The van der Waals surface area contributed by atoms with Crippen molar-refractivity contribution in [3.63, 3.8) is 0 Å². The van der Waals surface area contributed by atoms with Crippen LogP contribution in [0.1, 0.15) is 17.3 Å². The Morgan fingerprint density at radius 3 is 2.25 bits per heavy atom. The Morgan fingerprint density at radius 2 is 1.75 bits per heavy atom. The number of ketones is 1. The second-order valence-electron chi connectivity index (χ2n) is 4.03. The van der Waals surface area contributed by atoms with E-state index in [-0.39, 0.29) is 22.9 Å². The lowest BCUT2D eigenvalue weighted by Crippen LogP contribution is -1.99. The molecule has 0 unspecified atom stereocenters. The number of phenolic OH excluding ortho intramolecular Hbond substituents is 1. The van der Waals surface area contributed by atoms with Crippen LogP contribution in [-0.4, -0.2) is 35.1 Å². The number of hydrogen-bond acceptors (Lipinski definition) is 6. The van der Waals surface area contributed by atoms with Crippen molar-refractivity contribution in [2.45, 2.75) is 6.92 Å². The average molecular weight is 274 g/mol. The summed E-state index contributed by atoms with van der Waals surface area (Å²) >= 11 is 0. The zero-order valence-electron chi connectivity index (χ0n) is 11.4. The first-order valence-corrected chi connectivity index (χ1v) is 5.87. The first kappa shape index (κ1) is 13.8. The Balaban J connectivity index is 2.62. The van der Waals surface area contributed by atoms with Crippen molar-refractivity contribution in [1.29, 1.82) is 0 Å². The molecule has 2 aromatic rings. The highest BCUT2D eigenvalue weighted by Crippen LogP contribution is 2.32. The molecule has 0 aliphatic carbocycles. The summed E-state index contributed by atoms with van der Waals surface area (Å²) in [6.45, 7) is 1.38. The molecular formula is C14H14N2O4. The highest BCUT2D eigenvalue weighted by molar-refractivity contribution is 5.98. The standard InChI is InChI=1S/C14H14N2O4/c1-8(17)9-5-4-6-10(13(9)18)14-15-11(19-2)7-12(16-14)20-3/h4-7,18H,1-3H3. The summed E-state index contributed by atoms with van der Waals surface area (Å²) in [5.74, 6) is 0.440. The third-order valence-electron chi connectivity index (χ3n) is 2.75. The fourth-order valence-electron chi connectivity index (χ4n) is 1.74. The molecule has 20 heavy (non-hydrogen) atoms. The van der Waals surface area contributed by atoms with Crippen LogP contribution in [-0.2, 0) is 0 Å². The van der Waals surface area contributed by atoms with Gasteiger partial charge in [-0.3, -0.25) is 4.79 Å². The fourth-order valence-corrected chi connectivity index (χ4v) is 1.74. The van der Waals surface area contributed by atoms with Gasteiger partial charge >= 0.3 is 0 Å². The van der Waals surface area contributed by atoms with E-state index in [1.54, 1.807) is 18.2 Å². The van der Waals surface area contributed by atoms with Crippen molar-refractivity contribution < 1.29 is 19.4 Å². The summed E-state index contributed by atoms with van der Waals surface area (Å²) in [5.41, 5.74) is 0.558. The molecule has 1 aromatic carbocycles. The van der Waals surface area contributed by atoms with Gasteiger partial charge in [-0.15, -0.1) is 0 Å². The van der Waals surface area contributed by atoms with Crippen molar-refractivity contribution in [2.24, 2.45) is 0 Å². The Bertz CT molecular complexity index is 633. The molecule has 104 valence electrons. The monoisotopic (exact) mass is 274 g/mol. The average Bonchev–Trinajstić information content (AvgIpc) is 2.46. The Morgan fingerprint density at radius 1 is 1.15 bits per heavy atom. The molecular weight excluding hydrogens is 260 g/mol. The van der Waals surface area contributed by atoms with E-state index in [1.807, 2.05) is 0 Å². The van der Waals surface area contributed by atoms with Gasteiger partial charge in [0.2, 0.25) is 11.8 Å². The van der Waals surface area contributed by atoms with Crippen molar-refractivity contribution >= 4 is 5.78 Å². The summed E-state index contributed by atoms with van der Waals surface area (Å²) < 4.78 is 10.1. The van der Waals surface area contributed by atoms with Gasteiger partial charge in [0.05, 0.1) is 31.4 Å². The SMILES string of the molecule is COc1cc(OC)nc(-c2cccc(C(C)=O)c2O)n1. The van der Waals surface area contributed by atoms with Crippen molar-refractivity contribution in [2.75, 3.05) is 14.2 Å². The van der Waals surface area contributed by atoms with E-state index < -0.39 is 0 Å². The maximum absolute atomic E-state index is 11.4. The topological polar surface area (TPSA) is 81.5 Å². The first-order valence-electron chi connectivity index (χ1n) is 5.87. The maximum Gasteiger partial charge on any atom is 0.220 e. The van der Waals surface area contributed by atoms with Crippen LogP contribution in [0.3, 0.4) is 0 Å². The molecule has 0 saturated carbocycles. The minimum atomic E-state index is -0.237. The first-order chi connectivity index (χ1) is 9.56. The van der Waals surface area contributed by atoms with Gasteiger partial charge in [0.15, 0.2) is 11.6 Å². The second-order valence-corrected chi connectivity index (χ2v) is 4.03. The van der Waals surface area contributed by atoms with Crippen LogP contribution in [0.5, 0.6) is 17.5 Å². The van der Waals surface area contributed by atoms with E-state index in [0.717, 1.165) is 0 Å². The highest BCUT2D eigenvalue weighted by Gasteiger charge is 2.16. The number of rotatable bonds is 4. The number of Topliss-reactive ketones (excluding diaryl/α,β-unsaturated/α-hetero) is 1. The van der Waals surface area contributed by atoms with Gasteiger partial charge in [0, 0.05) is 0 Å². The quantitative estimate of drug-likeness (QED) is 0.859. The minimum Gasteiger partial charge on any atom is -0.506 e. The summed E-state index contributed by atoms with van der Waals surface area (Å²) in [6, 6.07) is 6.34. The van der Waals surface area contributed by atoms with Gasteiger partial charge in [0.1, 0.15) is 5.75 Å². The lowest BCUT2D eigenvalue weighted by Gasteiger charge is -2.09. The Labute approximate surface area is 116 Å². The molecule has 1 heterocycles. The van der Waals surface area contributed by atoms with E-state index in [0.29, 0.717) is 17.3 Å². The van der Waals surface area contributed by atoms with Crippen LogP contribution in [0.4, 0.5) is 0 Å². The van der Waals surface area contributed by atoms with Gasteiger partial charge in [-0.2, -0.15) is 9.97 Å². The fraction of sp³-hybridized carbons (Fsp3) is 0.214. The number of benzene rings is 1. The number of para-hydroxylation sites is 1. The van der Waals surface area contributed by atoms with Crippen LogP contribution in [0, 0.1) is 0 Å². The van der Waals surface area contributed by atoms with Gasteiger partial charge in [-0.25, -0.2) is 0 Å². The smallest absolute Gasteiger partial charge is 0.220 e. The molecule has 0 aliphatic heterocycles. The number of phenols is 1. The van der Waals surface area contributed by atoms with Gasteiger partial charge in [0.25, 0.3) is 0 Å². The predicted octanol–water partition coefficient (Wildman–Crippen LogP) is 2.07. The largest absolute Gasteiger partial charge is 0.506 e. The number of carbonyl (C=O) groups excluding carboxylic acids is 1. The highest BCUT2D eigenvalue weighted by atomic mass is 16.5. The van der Waals surface area contributed by atoms with Crippen LogP contribution < -0.4 is 9.47 Å². The Hall–Kier alpha value is -2.63. The van der Waals surface area contributed by atoms with E-state index in [4.69, 9.17) is 9.47 Å². The summed E-state index contributed by atoms with van der Waals surface area (Å²) in [6.07, 6.45) is 0. The Kier molecular flexibility index (Phi) is 3.84. The van der Waals surface area contributed by atoms with Gasteiger partial charge in [-0.1, -0.05) is 6.07 Å².